The number of para-hydroxylation sites is 1. The maximum atomic E-state index is 13.0. The zero-order chi connectivity index (χ0) is 22.9. The van der Waals surface area contributed by atoms with Gasteiger partial charge in [-0.05, 0) is 53.6 Å². The minimum Gasteiger partial charge on any atom is -0.248 e. The molecular weight excluding hydrogens is 428 g/mol. The quantitative estimate of drug-likeness (QED) is 0.232. The normalized spacial score (nSPS) is 12.9. The van der Waals surface area contributed by atoms with Crippen molar-refractivity contribution in [3.63, 3.8) is 0 Å². The second-order valence-electron chi connectivity index (χ2n) is 7.14. The molecule has 0 fully saturated rings. The third-order valence-corrected chi connectivity index (χ3v) is 4.95. The molecule has 0 spiro atoms. The number of halogens is 6. The molecule has 0 saturated heterocycles. The standard InChI is InChI=1S/C25H15F6N/c26-24(27,28)19-10-5-16(6-11-19)15-21(17-7-12-20(13-8-17)25(29,30)31)23-14-9-18-3-1-2-4-22(18)32-23/h1-15H/b21-15+. The van der Waals surface area contributed by atoms with Crippen molar-refractivity contribution >= 4 is 22.6 Å². The molecule has 0 saturated carbocycles. The Morgan fingerprint density at radius 3 is 1.78 bits per heavy atom. The second-order valence-corrected chi connectivity index (χ2v) is 7.14. The summed E-state index contributed by atoms with van der Waals surface area (Å²) < 4.78 is 77.6. The number of alkyl halides is 6. The molecule has 0 atom stereocenters. The average Bonchev–Trinajstić information content (AvgIpc) is 2.76. The highest BCUT2D eigenvalue weighted by Gasteiger charge is 2.31. The van der Waals surface area contributed by atoms with Crippen LogP contribution in [0.4, 0.5) is 26.3 Å². The van der Waals surface area contributed by atoms with Crippen molar-refractivity contribution < 1.29 is 26.3 Å². The van der Waals surface area contributed by atoms with E-state index in [1.54, 1.807) is 18.2 Å². The van der Waals surface area contributed by atoms with Gasteiger partial charge in [-0.2, -0.15) is 26.3 Å². The van der Waals surface area contributed by atoms with Gasteiger partial charge >= 0.3 is 12.4 Å². The number of benzene rings is 3. The molecule has 3 aromatic carbocycles. The molecule has 0 aliphatic carbocycles. The molecule has 0 aliphatic rings. The first-order chi connectivity index (χ1) is 15.1. The summed E-state index contributed by atoms with van der Waals surface area (Å²) in [4.78, 5) is 4.61. The molecule has 0 N–H and O–H groups in total. The first kappa shape index (κ1) is 21.6. The van der Waals surface area contributed by atoms with E-state index in [2.05, 4.69) is 4.98 Å². The summed E-state index contributed by atoms with van der Waals surface area (Å²) in [6.07, 6.45) is -7.32. The van der Waals surface area contributed by atoms with Gasteiger partial charge in [-0.3, -0.25) is 0 Å². The summed E-state index contributed by atoms with van der Waals surface area (Å²) in [5.41, 5.74) is 1.02. The third kappa shape index (κ3) is 4.66. The highest BCUT2D eigenvalue weighted by atomic mass is 19.4. The van der Waals surface area contributed by atoms with E-state index in [-0.39, 0.29) is 0 Å². The van der Waals surface area contributed by atoms with E-state index < -0.39 is 23.5 Å². The SMILES string of the molecule is FC(F)(F)c1ccc(/C=C(\c2ccc(C(F)(F)F)cc2)c2ccc3ccccc3n2)cc1. The fourth-order valence-corrected chi connectivity index (χ4v) is 3.29. The van der Waals surface area contributed by atoms with Crippen LogP contribution in [0, 0.1) is 0 Å². The van der Waals surface area contributed by atoms with Crippen LogP contribution in [0.1, 0.15) is 27.9 Å². The number of rotatable bonds is 3. The fraction of sp³-hybridized carbons (Fsp3) is 0.0800. The zero-order valence-corrected chi connectivity index (χ0v) is 16.4. The zero-order valence-electron chi connectivity index (χ0n) is 16.4. The van der Waals surface area contributed by atoms with Gasteiger partial charge in [0.1, 0.15) is 0 Å². The van der Waals surface area contributed by atoms with Gasteiger partial charge in [0.15, 0.2) is 0 Å². The number of fused-ring (bicyclic) bond motifs is 1. The summed E-state index contributed by atoms with van der Waals surface area (Å²) in [7, 11) is 0. The van der Waals surface area contributed by atoms with Crippen molar-refractivity contribution in [1.29, 1.82) is 0 Å². The number of pyridine rings is 1. The minimum absolute atomic E-state index is 0.459. The van der Waals surface area contributed by atoms with Crippen LogP contribution in [-0.2, 0) is 12.4 Å². The molecule has 1 nitrogen and oxygen atoms in total. The third-order valence-electron chi connectivity index (χ3n) is 4.95. The van der Waals surface area contributed by atoms with Gasteiger partial charge in [0.05, 0.1) is 22.3 Å². The Kier molecular flexibility index (Phi) is 5.50. The molecule has 4 rings (SSSR count). The first-order valence-electron chi connectivity index (χ1n) is 9.54. The molecule has 32 heavy (non-hydrogen) atoms. The fourth-order valence-electron chi connectivity index (χ4n) is 3.29. The highest BCUT2D eigenvalue weighted by molar-refractivity contribution is 5.92. The van der Waals surface area contributed by atoms with Crippen LogP contribution in [0.3, 0.4) is 0 Å². The van der Waals surface area contributed by atoms with Crippen LogP contribution in [0.25, 0.3) is 22.6 Å². The van der Waals surface area contributed by atoms with Crippen LogP contribution >= 0.6 is 0 Å². The van der Waals surface area contributed by atoms with Crippen molar-refractivity contribution in [2.75, 3.05) is 0 Å². The van der Waals surface area contributed by atoms with Crippen LogP contribution in [0.5, 0.6) is 0 Å². The highest BCUT2D eigenvalue weighted by Crippen LogP contribution is 2.33. The number of hydrogen-bond donors (Lipinski definition) is 0. The van der Waals surface area contributed by atoms with Crippen LogP contribution < -0.4 is 0 Å². The molecule has 0 unspecified atom stereocenters. The van der Waals surface area contributed by atoms with Gasteiger partial charge < -0.3 is 0 Å². The van der Waals surface area contributed by atoms with E-state index in [9.17, 15) is 26.3 Å². The Morgan fingerprint density at radius 2 is 1.19 bits per heavy atom. The molecule has 0 aliphatic heterocycles. The van der Waals surface area contributed by atoms with Crippen LogP contribution in [0.2, 0.25) is 0 Å². The van der Waals surface area contributed by atoms with Crippen molar-refractivity contribution in [2.24, 2.45) is 0 Å². The number of nitrogens with zero attached hydrogens (tertiary/aromatic N) is 1. The molecule has 0 amide bonds. The lowest BCUT2D eigenvalue weighted by molar-refractivity contribution is -0.138. The summed E-state index contributed by atoms with van der Waals surface area (Å²) in [6.45, 7) is 0. The Bertz CT molecular complexity index is 1270. The lowest BCUT2D eigenvalue weighted by Crippen LogP contribution is -2.05. The Balaban J connectivity index is 1.83. The predicted octanol–water partition coefficient (Wildman–Crippen LogP) is 7.86. The average molecular weight is 443 g/mol. The van der Waals surface area contributed by atoms with E-state index >= 15 is 0 Å². The summed E-state index contributed by atoms with van der Waals surface area (Å²) in [5.74, 6) is 0. The number of hydrogen-bond acceptors (Lipinski definition) is 1. The molecule has 0 radical (unpaired) electrons. The van der Waals surface area contributed by atoms with Crippen LogP contribution in [-0.4, -0.2) is 4.98 Å². The van der Waals surface area contributed by atoms with E-state index in [1.807, 2.05) is 24.3 Å². The maximum absolute atomic E-state index is 13.0. The maximum Gasteiger partial charge on any atom is 0.416 e. The largest absolute Gasteiger partial charge is 0.416 e. The monoisotopic (exact) mass is 443 g/mol. The lowest BCUT2D eigenvalue weighted by atomic mass is 9.97. The molecule has 7 heteroatoms. The Morgan fingerprint density at radius 1 is 0.625 bits per heavy atom. The molecule has 0 bridgehead atoms. The molecule has 1 aromatic heterocycles. The summed E-state index contributed by atoms with van der Waals surface area (Å²) >= 11 is 0. The first-order valence-corrected chi connectivity index (χ1v) is 9.54. The summed E-state index contributed by atoms with van der Waals surface area (Å²) in [6, 6.07) is 20.1. The van der Waals surface area contributed by atoms with Crippen LogP contribution in [0.15, 0.2) is 84.9 Å². The van der Waals surface area contributed by atoms with E-state index in [0.717, 1.165) is 29.7 Å². The van der Waals surface area contributed by atoms with Gasteiger partial charge in [0, 0.05) is 11.0 Å². The summed E-state index contributed by atoms with van der Waals surface area (Å²) in [5, 5.41) is 0.887. The van der Waals surface area contributed by atoms with Crippen molar-refractivity contribution in [2.45, 2.75) is 12.4 Å². The smallest absolute Gasteiger partial charge is 0.248 e. The molecule has 4 aromatic rings. The topological polar surface area (TPSA) is 12.9 Å². The molecule has 1 heterocycles. The van der Waals surface area contributed by atoms with Crippen molar-refractivity contribution in [3.05, 3.63) is 113 Å². The predicted molar refractivity (Wildman–Crippen MR) is 112 cm³/mol. The Hall–Kier alpha value is -3.61. The van der Waals surface area contributed by atoms with Gasteiger partial charge in [-0.25, -0.2) is 4.98 Å². The van der Waals surface area contributed by atoms with E-state index in [1.165, 1.54) is 24.3 Å². The van der Waals surface area contributed by atoms with Gasteiger partial charge in [-0.15, -0.1) is 0 Å². The number of aromatic nitrogens is 1. The van der Waals surface area contributed by atoms with Crippen molar-refractivity contribution in [1.82, 2.24) is 4.98 Å². The van der Waals surface area contributed by atoms with E-state index in [0.29, 0.717) is 27.9 Å². The lowest BCUT2D eigenvalue weighted by Gasteiger charge is -2.12. The van der Waals surface area contributed by atoms with E-state index in [4.69, 9.17) is 0 Å². The van der Waals surface area contributed by atoms with Gasteiger partial charge in [0.25, 0.3) is 0 Å². The molecule has 162 valence electrons. The van der Waals surface area contributed by atoms with Gasteiger partial charge in [-0.1, -0.05) is 48.5 Å². The Labute approximate surface area is 179 Å². The van der Waals surface area contributed by atoms with Gasteiger partial charge in [0.2, 0.25) is 0 Å². The molecular formula is C25H15F6N. The minimum atomic E-state index is -4.48. The second kappa shape index (κ2) is 8.15. The van der Waals surface area contributed by atoms with Crippen molar-refractivity contribution in [3.8, 4) is 0 Å².